The van der Waals surface area contributed by atoms with E-state index in [1.54, 1.807) is 19.1 Å². The number of carbonyl (C=O) groups excluding carboxylic acids is 1. The maximum atomic E-state index is 13.8. The van der Waals surface area contributed by atoms with Gasteiger partial charge in [-0.2, -0.15) is 0 Å². The molecule has 3 fully saturated rings. The van der Waals surface area contributed by atoms with Gasteiger partial charge in [-0.05, 0) is 77.1 Å². The molecule has 0 radical (unpaired) electrons. The van der Waals surface area contributed by atoms with E-state index in [0.29, 0.717) is 30.3 Å². The average molecular weight is 398 g/mol. The first-order valence-electron chi connectivity index (χ1n) is 10.5. The van der Waals surface area contributed by atoms with Gasteiger partial charge in [0.25, 0.3) is 5.91 Å². The fraction of sp³-hybridized carbons (Fsp3) is 0.591. The van der Waals surface area contributed by atoms with Crippen molar-refractivity contribution >= 4 is 23.9 Å². The van der Waals surface area contributed by atoms with Crippen molar-refractivity contribution in [2.45, 2.75) is 64.0 Å². The monoisotopic (exact) mass is 398 g/mol. The molecule has 1 aromatic carbocycles. The number of carbonyl (C=O) groups is 1. The van der Waals surface area contributed by atoms with Crippen molar-refractivity contribution < 1.29 is 18.5 Å². The van der Waals surface area contributed by atoms with Crippen molar-refractivity contribution in [1.82, 2.24) is 9.88 Å². The normalized spacial score (nSPS) is 29.9. The van der Waals surface area contributed by atoms with E-state index in [9.17, 15) is 9.18 Å². The SMILES string of the molecule is Cc1c(F)ccc2[nH]c(C(=O)N3CCC4(B5OC(C)(C)C(C)(C)O5)CC4C3)cc12. The number of aromatic nitrogens is 1. The van der Waals surface area contributed by atoms with Gasteiger partial charge >= 0.3 is 7.12 Å². The molecular formula is C22H28BFN2O3. The zero-order valence-corrected chi connectivity index (χ0v) is 17.8. The summed E-state index contributed by atoms with van der Waals surface area (Å²) in [4.78, 5) is 18.2. The Morgan fingerprint density at radius 2 is 1.93 bits per heavy atom. The van der Waals surface area contributed by atoms with Crippen LogP contribution < -0.4 is 0 Å². The van der Waals surface area contributed by atoms with Crippen LogP contribution in [0.5, 0.6) is 0 Å². The molecule has 0 bridgehead atoms. The van der Waals surface area contributed by atoms with Crippen molar-refractivity contribution in [3.63, 3.8) is 0 Å². The maximum absolute atomic E-state index is 13.8. The fourth-order valence-corrected chi connectivity index (χ4v) is 4.93. The predicted octanol–water partition coefficient (Wildman–Crippen LogP) is 4.31. The summed E-state index contributed by atoms with van der Waals surface area (Å²) in [5.41, 5.74) is 1.23. The molecule has 1 aliphatic carbocycles. The zero-order chi connectivity index (χ0) is 20.8. The third kappa shape index (κ3) is 2.70. The van der Waals surface area contributed by atoms with Crippen LogP contribution in [-0.4, -0.2) is 47.2 Å². The Bertz CT molecular complexity index is 1000. The highest BCUT2D eigenvalue weighted by Crippen LogP contribution is 2.69. The van der Waals surface area contributed by atoms with Crippen molar-refractivity contribution in [3.05, 3.63) is 35.3 Å². The molecule has 2 atom stereocenters. The number of H-pyrrole nitrogens is 1. The molecule has 1 saturated carbocycles. The number of likely N-dealkylation sites (tertiary alicyclic amines) is 1. The highest BCUT2D eigenvalue weighted by molar-refractivity contribution is 6.51. The van der Waals surface area contributed by atoms with E-state index >= 15 is 0 Å². The molecule has 1 amide bonds. The maximum Gasteiger partial charge on any atom is 0.464 e. The van der Waals surface area contributed by atoms with Crippen LogP contribution in [0.3, 0.4) is 0 Å². The summed E-state index contributed by atoms with van der Waals surface area (Å²) in [5.74, 6) is 0.132. The minimum absolute atomic E-state index is 0.0181. The summed E-state index contributed by atoms with van der Waals surface area (Å²) >= 11 is 0. The molecule has 7 heteroatoms. The van der Waals surface area contributed by atoms with Gasteiger partial charge in [-0.15, -0.1) is 0 Å². The highest BCUT2D eigenvalue weighted by atomic mass is 19.1. The van der Waals surface area contributed by atoms with Crippen molar-refractivity contribution in [2.75, 3.05) is 13.1 Å². The molecule has 2 aromatic rings. The largest absolute Gasteiger partial charge is 0.464 e. The lowest BCUT2D eigenvalue weighted by Gasteiger charge is -2.32. The second-order valence-corrected chi connectivity index (χ2v) is 10.0. The second-order valence-electron chi connectivity index (χ2n) is 10.0. The number of nitrogens with one attached hydrogen (secondary N) is 1. The number of piperidine rings is 1. The average Bonchev–Trinajstić information content (AvgIpc) is 3.16. The third-order valence-corrected chi connectivity index (χ3v) is 7.81. The van der Waals surface area contributed by atoms with Gasteiger partial charge in [0.15, 0.2) is 0 Å². The lowest BCUT2D eigenvalue weighted by molar-refractivity contribution is 0.00578. The summed E-state index contributed by atoms with van der Waals surface area (Å²) in [7, 11) is -0.201. The van der Waals surface area contributed by atoms with Gasteiger partial charge in [-0.3, -0.25) is 4.79 Å². The molecular weight excluding hydrogens is 370 g/mol. The van der Waals surface area contributed by atoms with Gasteiger partial charge in [0, 0.05) is 29.3 Å². The Balaban J connectivity index is 1.32. The zero-order valence-electron chi connectivity index (χ0n) is 17.8. The molecule has 29 heavy (non-hydrogen) atoms. The fourth-order valence-electron chi connectivity index (χ4n) is 4.93. The summed E-state index contributed by atoms with van der Waals surface area (Å²) in [6.45, 7) is 11.5. The molecule has 2 aliphatic heterocycles. The topological polar surface area (TPSA) is 54.6 Å². The van der Waals surface area contributed by atoms with Gasteiger partial charge in [-0.25, -0.2) is 4.39 Å². The van der Waals surface area contributed by atoms with Crippen molar-refractivity contribution in [1.29, 1.82) is 0 Å². The summed E-state index contributed by atoms with van der Waals surface area (Å²) in [6, 6.07) is 4.90. The number of hydrogen-bond donors (Lipinski definition) is 1. The number of rotatable bonds is 2. The van der Waals surface area contributed by atoms with Crippen LogP contribution in [0.15, 0.2) is 18.2 Å². The molecule has 154 valence electrons. The number of aromatic amines is 1. The van der Waals surface area contributed by atoms with Crippen LogP contribution in [0.2, 0.25) is 5.31 Å². The first-order valence-corrected chi connectivity index (χ1v) is 10.5. The first kappa shape index (κ1) is 19.1. The Morgan fingerprint density at radius 3 is 2.59 bits per heavy atom. The molecule has 1 N–H and O–H groups in total. The summed E-state index contributed by atoms with van der Waals surface area (Å²) < 4.78 is 26.5. The van der Waals surface area contributed by atoms with Gasteiger partial charge in [0.05, 0.1) is 11.2 Å². The van der Waals surface area contributed by atoms with E-state index in [2.05, 4.69) is 32.7 Å². The molecule has 0 spiro atoms. The van der Waals surface area contributed by atoms with Crippen molar-refractivity contribution in [2.24, 2.45) is 5.92 Å². The van der Waals surface area contributed by atoms with E-state index in [-0.39, 0.29) is 35.4 Å². The van der Waals surface area contributed by atoms with E-state index in [1.807, 2.05) is 4.90 Å². The molecule has 3 heterocycles. The predicted molar refractivity (Wildman–Crippen MR) is 110 cm³/mol. The number of amides is 1. The van der Waals surface area contributed by atoms with E-state index < -0.39 is 0 Å². The number of halogens is 1. The minimum Gasteiger partial charge on any atom is -0.403 e. The molecule has 2 unspecified atom stereocenters. The Morgan fingerprint density at radius 1 is 1.24 bits per heavy atom. The number of fused-ring (bicyclic) bond motifs is 2. The first-order chi connectivity index (χ1) is 13.5. The van der Waals surface area contributed by atoms with Crippen molar-refractivity contribution in [3.8, 4) is 0 Å². The van der Waals surface area contributed by atoms with Gasteiger partial charge in [-0.1, -0.05) is 0 Å². The molecule has 1 aromatic heterocycles. The van der Waals surface area contributed by atoms with Crippen LogP contribution in [-0.2, 0) is 9.31 Å². The summed E-state index contributed by atoms with van der Waals surface area (Å²) in [6.07, 6.45) is 1.92. The number of benzene rings is 1. The third-order valence-electron chi connectivity index (χ3n) is 7.81. The number of aryl methyl sites for hydroxylation is 1. The van der Waals surface area contributed by atoms with Crippen LogP contribution in [0.4, 0.5) is 4.39 Å². The van der Waals surface area contributed by atoms with Gasteiger partial charge in [0.2, 0.25) is 0 Å². The van der Waals surface area contributed by atoms with Gasteiger partial charge < -0.3 is 19.2 Å². The van der Waals surface area contributed by atoms with Crippen LogP contribution in [0, 0.1) is 18.7 Å². The van der Waals surface area contributed by atoms with Gasteiger partial charge in [0.1, 0.15) is 11.5 Å². The Labute approximate surface area is 171 Å². The molecule has 3 aliphatic rings. The summed E-state index contributed by atoms with van der Waals surface area (Å²) in [5, 5.41) is 0.797. The number of nitrogens with zero attached hydrogens (tertiary/aromatic N) is 1. The number of hydrogen-bond acceptors (Lipinski definition) is 3. The lowest BCUT2D eigenvalue weighted by atomic mass is 9.63. The standard InChI is InChI=1S/C22H28BFN2O3/c1-13-15-10-18(25-17(15)7-6-16(13)24)19(27)26-9-8-22(11-14(22)12-26)23-28-20(2,3)21(4,5)29-23/h6-7,10,14,25H,8-9,11-12H2,1-5H3. The molecule has 2 saturated heterocycles. The van der Waals surface area contributed by atoms with Crippen LogP contribution in [0.1, 0.15) is 56.6 Å². The van der Waals surface area contributed by atoms with E-state index in [1.165, 1.54) is 6.07 Å². The molecule has 5 nitrogen and oxygen atoms in total. The van der Waals surface area contributed by atoms with E-state index in [4.69, 9.17) is 9.31 Å². The van der Waals surface area contributed by atoms with Crippen LogP contribution in [0.25, 0.3) is 10.9 Å². The van der Waals surface area contributed by atoms with E-state index in [0.717, 1.165) is 23.7 Å². The lowest BCUT2D eigenvalue weighted by Crippen LogP contribution is -2.42. The molecule has 5 rings (SSSR count). The Hall–Kier alpha value is -1.86. The second kappa shape index (κ2) is 5.85. The smallest absolute Gasteiger partial charge is 0.403 e. The highest BCUT2D eigenvalue weighted by Gasteiger charge is 2.70. The Kier molecular flexibility index (Phi) is 3.86. The quantitative estimate of drug-likeness (QED) is 0.767. The van der Waals surface area contributed by atoms with Crippen LogP contribution >= 0.6 is 0 Å². The minimum atomic E-state index is -0.329.